The van der Waals surface area contributed by atoms with Gasteiger partial charge in [-0.25, -0.2) is 8.78 Å². The zero-order chi connectivity index (χ0) is 18.7. The Morgan fingerprint density at radius 1 is 1.12 bits per heavy atom. The molecule has 0 spiro atoms. The highest BCUT2D eigenvalue weighted by Gasteiger charge is 2.24. The van der Waals surface area contributed by atoms with Gasteiger partial charge >= 0.3 is 0 Å². The molecule has 2 aromatic rings. The van der Waals surface area contributed by atoms with Gasteiger partial charge in [-0.3, -0.25) is 15.0 Å². The van der Waals surface area contributed by atoms with Crippen LogP contribution in [0.4, 0.5) is 20.2 Å². The van der Waals surface area contributed by atoms with Gasteiger partial charge in [0, 0.05) is 44.9 Å². The third-order valence-electron chi connectivity index (χ3n) is 4.47. The van der Waals surface area contributed by atoms with E-state index >= 15 is 0 Å². The highest BCUT2D eigenvalue weighted by Crippen LogP contribution is 2.30. The summed E-state index contributed by atoms with van der Waals surface area (Å²) in [5.74, 6) is -0.697. The van der Waals surface area contributed by atoms with E-state index < -0.39 is 16.6 Å². The molecule has 0 N–H and O–H groups in total. The first-order chi connectivity index (χ1) is 12.5. The molecule has 0 aliphatic carbocycles. The van der Waals surface area contributed by atoms with E-state index in [1.165, 1.54) is 25.3 Å². The van der Waals surface area contributed by atoms with E-state index in [1.807, 2.05) is 11.0 Å². The van der Waals surface area contributed by atoms with Crippen molar-refractivity contribution in [3.05, 3.63) is 63.7 Å². The van der Waals surface area contributed by atoms with Crippen molar-refractivity contribution in [2.24, 2.45) is 0 Å². The predicted octanol–water partition coefficient (Wildman–Crippen LogP) is 3.20. The Balaban J connectivity index is 1.65. The number of hydrogen-bond acceptors (Lipinski definition) is 5. The standard InChI is InChI=1S/C18H19F2N3O3/c1-26-18-5-2-13(10-15(18)20)12-21-6-8-22(9-7-21)17-11-14(19)3-4-16(17)23(24)25/h2-5,10-11H,6-9,12H2,1H3. The van der Waals surface area contributed by atoms with Gasteiger partial charge in [0.05, 0.1) is 12.0 Å². The van der Waals surface area contributed by atoms with Crippen molar-refractivity contribution in [1.82, 2.24) is 4.90 Å². The number of rotatable bonds is 5. The van der Waals surface area contributed by atoms with Crippen LogP contribution in [0.5, 0.6) is 5.75 Å². The van der Waals surface area contributed by atoms with E-state index in [9.17, 15) is 18.9 Å². The zero-order valence-electron chi connectivity index (χ0n) is 14.3. The third-order valence-corrected chi connectivity index (χ3v) is 4.47. The van der Waals surface area contributed by atoms with E-state index in [4.69, 9.17) is 4.74 Å². The molecule has 0 atom stereocenters. The molecule has 2 aromatic carbocycles. The van der Waals surface area contributed by atoms with Gasteiger partial charge in [-0.2, -0.15) is 0 Å². The molecule has 1 saturated heterocycles. The SMILES string of the molecule is COc1ccc(CN2CCN(c3cc(F)ccc3[N+](=O)[O-])CC2)cc1F. The van der Waals surface area contributed by atoms with Crippen molar-refractivity contribution in [2.45, 2.75) is 6.54 Å². The van der Waals surface area contributed by atoms with Crippen molar-refractivity contribution in [3.8, 4) is 5.75 Å². The van der Waals surface area contributed by atoms with Crippen molar-refractivity contribution >= 4 is 11.4 Å². The Bertz CT molecular complexity index is 808. The Labute approximate surface area is 149 Å². The molecule has 6 nitrogen and oxygen atoms in total. The highest BCUT2D eigenvalue weighted by atomic mass is 19.1. The maximum Gasteiger partial charge on any atom is 0.292 e. The molecular formula is C18H19F2N3O3. The molecule has 1 aliphatic rings. The zero-order valence-corrected chi connectivity index (χ0v) is 14.3. The molecular weight excluding hydrogens is 344 g/mol. The Kier molecular flexibility index (Phi) is 5.32. The van der Waals surface area contributed by atoms with E-state index in [2.05, 4.69) is 4.90 Å². The highest BCUT2D eigenvalue weighted by molar-refractivity contribution is 5.63. The van der Waals surface area contributed by atoms with Crippen molar-refractivity contribution in [1.29, 1.82) is 0 Å². The van der Waals surface area contributed by atoms with E-state index in [0.717, 1.165) is 11.6 Å². The third kappa shape index (κ3) is 3.91. The van der Waals surface area contributed by atoms with Gasteiger partial charge < -0.3 is 9.64 Å². The fourth-order valence-corrected chi connectivity index (χ4v) is 3.12. The van der Waals surface area contributed by atoms with Crippen LogP contribution in [0.3, 0.4) is 0 Å². The molecule has 8 heteroatoms. The normalized spacial score (nSPS) is 15.1. The molecule has 3 rings (SSSR count). The minimum atomic E-state index is -0.499. The summed E-state index contributed by atoms with van der Waals surface area (Å²) in [7, 11) is 1.42. The second-order valence-corrected chi connectivity index (χ2v) is 6.12. The first kappa shape index (κ1) is 18.1. The van der Waals surface area contributed by atoms with Gasteiger partial charge in [0.15, 0.2) is 11.6 Å². The maximum atomic E-state index is 13.8. The van der Waals surface area contributed by atoms with Crippen LogP contribution in [-0.4, -0.2) is 43.1 Å². The molecule has 1 heterocycles. The smallest absolute Gasteiger partial charge is 0.292 e. The Morgan fingerprint density at radius 3 is 2.46 bits per heavy atom. The van der Waals surface area contributed by atoms with E-state index in [-0.39, 0.29) is 11.4 Å². The average Bonchev–Trinajstić information content (AvgIpc) is 2.62. The van der Waals surface area contributed by atoms with Crippen molar-refractivity contribution < 1.29 is 18.4 Å². The largest absolute Gasteiger partial charge is 0.494 e. The summed E-state index contributed by atoms with van der Waals surface area (Å²) in [5.41, 5.74) is 1.02. The number of benzene rings is 2. The van der Waals surface area contributed by atoms with Crippen LogP contribution in [0.25, 0.3) is 0 Å². The molecule has 0 amide bonds. The van der Waals surface area contributed by atoms with Crippen LogP contribution in [0.15, 0.2) is 36.4 Å². The maximum absolute atomic E-state index is 13.8. The molecule has 0 bridgehead atoms. The Morgan fingerprint density at radius 2 is 1.85 bits per heavy atom. The number of anilines is 1. The number of ether oxygens (including phenoxy) is 1. The summed E-state index contributed by atoms with van der Waals surface area (Å²) < 4.78 is 32.2. The molecule has 26 heavy (non-hydrogen) atoms. The molecule has 1 aliphatic heterocycles. The van der Waals surface area contributed by atoms with Gasteiger partial charge in [0.2, 0.25) is 0 Å². The first-order valence-corrected chi connectivity index (χ1v) is 8.21. The monoisotopic (exact) mass is 363 g/mol. The van der Waals surface area contributed by atoms with Crippen molar-refractivity contribution in [2.75, 3.05) is 38.2 Å². The molecule has 0 unspecified atom stereocenters. The summed E-state index contributed by atoms with van der Waals surface area (Å²) in [4.78, 5) is 14.6. The number of nitrogens with zero attached hydrogens (tertiary/aromatic N) is 3. The van der Waals surface area contributed by atoms with Crippen LogP contribution in [0.2, 0.25) is 0 Å². The summed E-state index contributed by atoms with van der Waals surface area (Å²) in [6.45, 7) is 2.91. The summed E-state index contributed by atoms with van der Waals surface area (Å²) >= 11 is 0. The minimum Gasteiger partial charge on any atom is -0.494 e. The number of halogens is 2. The van der Waals surface area contributed by atoms with Crippen LogP contribution in [-0.2, 0) is 6.54 Å². The number of methoxy groups -OCH3 is 1. The quantitative estimate of drug-likeness (QED) is 0.603. The second kappa shape index (κ2) is 7.65. The average molecular weight is 363 g/mol. The van der Waals surface area contributed by atoms with Gasteiger partial charge in [0.25, 0.3) is 5.69 Å². The van der Waals surface area contributed by atoms with E-state index in [1.54, 1.807) is 6.07 Å². The lowest BCUT2D eigenvalue weighted by Gasteiger charge is -2.35. The lowest BCUT2D eigenvalue weighted by atomic mass is 10.1. The first-order valence-electron chi connectivity index (χ1n) is 8.21. The second-order valence-electron chi connectivity index (χ2n) is 6.12. The van der Waals surface area contributed by atoms with Gasteiger partial charge in [-0.1, -0.05) is 6.07 Å². The fraction of sp³-hybridized carbons (Fsp3) is 0.333. The summed E-state index contributed by atoms with van der Waals surface area (Å²) in [6.07, 6.45) is 0. The summed E-state index contributed by atoms with van der Waals surface area (Å²) in [6, 6.07) is 8.34. The lowest BCUT2D eigenvalue weighted by molar-refractivity contribution is -0.384. The lowest BCUT2D eigenvalue weighted by Crippen LogP contribution is -2.46. The number of nitro benzene ring substituents is 1. The van der Waals surface area contributed by atoms with Crippen LogP contribution < -0.4 is 9.64 Å². The fourth-order valence-electron chi connectivity index (χ4n) is 3.12. The molecule has 0 saturated carbocycles. The summed E-state index contributed by atoms with van der Waals surface area (Å²) in [5, 5.41) is 11.2. The van der Waals surface area contributed by atoms with Crippen LogP contribution in [0.1, 0.15) is 5.56 Å². The van der Waals surface area contributed by atoms with Crippen LogP contribution >= 0.6 is 0 Å². The molecule has 1 fully saturated rings. The molecule has 138 valence electrons. The molecule has 0 radical (unpaired) electrons. The van der Waals surface area contributed by atoms with Gasteiger partial charge in [-0.15, -0.1) is 0 Å². The predicted molar refractivity (Wildman–Crippen MR) is 93.5 cm³/mol. The Hall–Kier alpha value is -2.74. The van der Waals surface area contributed by atoms with Gasteiger partial charge in [-0.05, 0) is 23.8 Å². The number of hydrogen-bond donors (Lipinski definition) is 0. The van der Waals surface area contributed by atoms with E-state index in [0.29, 0.717) is 38.4 Å². The topological polar surface area (TPSA) is 58.8 Å². The number of nitro groups is 1. The van der Waals surface area contributed by atoms with Crippen molar-refractivity contribution in [3.63, 3.8) is 0 Å². The number of piperazine rings is 1. The minimum absolute atomic E-state index is 0.0999. The van der Waals surface area contributed by atoms with Crippen LogP contribution in [0, 0.1) is 21.7 Å². The van der Waals surface area contributed by atoms with Gasteiger partial charge in [0.1, 0.15) is 11.5 Å². The molecule has 0 aromatic heterocycles.